The van der Waals surface area contributed by atoms with E-state index >= 15 is 0 Å². The van der Waals surface area contributed by atoms with Crippen molar-refractivity contribution < 1.29 is 0 Å². The first kappa shape index (κ1) is 6.87. The Hall–Kier alpha value is -1.24. The minimum atomic E-state index is 1.19. The van der Waals surface area contributed by atoms with E-state index in [-0.39, 0.29) is 0 Å². The molecule has 0 amide bonds. The molecule has 0 heterocycles. The van der Waals surface area contributed by atoms with Crippen LogP contribution in [0, 0.1) is 0 Å². The molecule has 1 aromatic carbocycles. The maximum atomic E-state index is 3.85. The highest BCUT2D eigenvalue weighted by atomic mass is 14.8. The molecule has 10 heavy (non-hydrogen) atoms. The van der Waals surface area contributed by atoms with Crippen LogP contribution in [0.1, 0.15) is 5.56 Å². The van der Waals surface area contributed by atoms with Crippen LogP contribution >= 0.6 is 0 Å². The number of nitrogens with zero attached hydrogens (tertiary/aromatic N) is 1. The highest BCUT2D eigenvalue weighted by molar-refractivity contribution is 5.47. The summed E-state index contributed by atoms with van der Waals surface area (Å²) in [5, 5.41) is 3.85. The van der Waals surface area contributed by atoms with Crippen LogP contribution in [0.25, 0.3) is 6.08 Å². The van der Waals surface area contributed by atoms with Gasteiger partial charge in [-0.25, -0.2) is 0 Å². The first-order valence-corrected chi connectivity index (χ1v) is 3.24. The summed E-state index contributed by atoms with van der Waals surface area (Å²) >= 11 is 0. The highest BCUT2D eigenvalue weighted by Gasteiger charge is 1.79. The molecule has 0 aliphatic heterocycles. The molecule has 1 aromatic rings. The Morgan fingerprint density at radius 2 is 1.90 bits per heavy atom. The van der Waals surface area contributed by atoms with Crippen LogP contribution in [0.15, 0.2) is 36.5 Å². The van der Waals surface area contributed by atoms with Crippen molar-refractivity contribution in [3.05, 3.63) is 42.1 Å². The SMILES string of the molecule is C[N]/C=C/c1ccccc1. The van der Waals surface area contributed by atoms with E-state index in [1.165, 1.54) is 5.56 Å². The van der Waals surface area contributed by atoms with Crippen molar-refractivity contribution in [3.8, 4) is 0 Å². The summed E-state index contributed by atoms with van der Waals surface area (Å²) < 4.78 is 0. The molecule has 1 rings (SSSR count). The van der Waals surface area contributed by atoms with E-state index in [0.717, 1.165) is 0 Å². The molecule has 1 nitrogen and oxygen atoms in total. The normalized spacial score (nSPS) is 10.1. The van der Waals surface area contributed by atoms with Crippen LogP contribution in [-0.2, 0) is 0 Å². The first-order valence-electron chi connectivity index (χ1n) is 3.24. The summed E-state index contributed by atoms with van der Waals surface area (Å²) in [4.78, 5) is 0. The van der Waals surface area contributed by atoms with Gasteiger partial charge in [-0.15, -0.1) is 0 Å². The summed E-state index contributed by atoms with van der Waals surface area (Å²) in [5.41, 5.74) is 1.19. The largest absolute Gasteiger partial charge is 0.296 e. The molecular weight excluding hydrogens is 122 g/mol. The average Bonchev–Trinajstić information content (AvgIpc) is 2.03. The first-order chi connectivity index (χ1) is 4.93. The van der Waals surface area contributed by atoms with Crippen molar-refractivity contribution in [1.82, 2.24) is 5.32 Å². The zero-order valence-electron chi connectivity index (χ0n) is 5.99. The van der Waals surface area contributed by atoms with Gasteiger partial charge < -0.3 is 0 Å². The van der Waals surface area contributed by atoms with Crippen LogP contribution in [0.2, 0.25) is 0 Å². The van der Waals surface area contributed by atoms with Gasteiger partial charge in [0, 0.05) is 13.2 Å². The second-order valence-corrected chi connectivity index (χ2v) is 1.98. The monoisotopic (exact) mass is 132 g/mol. The Morgan fingerprint density at radius 3 is 2.50 bits per heavy atom. The lowest BCUT2D eigenvalue weighted by atomic mass is 10.2. The van der Waals surface area contributed by atoms with E-state index in [1.807, 2.05) is 36.4 Å². The lowest BCUT2D eigenvalue weighted by Gasteiger charge is -1.88. The van der Waals surface area contributed by atoms with Gasteiger partial charge in [-0.05, 0) is 11.6 Å². The minimum absolute atomic E-state index is 1.19. The fourth-order valence-corrected chi connectivity index (χ4v) is 0.725. The molecular formula is C9H10N. The molecule has 1 heteroatoms. The van der Waals surface area contributed by atoms with Gasteiger partial charge >= 0.3 is 0 Å². The Labute approximate surface area is 61.4 Å². The summed E-state index contributed by atoms with van der Waals surface area (Å²) in [6, 6.07) is 10.1. The molecule has 51 valence electrons. The topological polar surface area (TPSA) is 14.1 Å². The predicted octanol–water partition coefficient (Wildman–Crippen LogP) is 1.89. The Kier molecular flexibility index (Phi) is 2.56. The third-order valence-electron chi connectivity index (χ3n) is 1.22. The van der Waals surface area contributed by atoms with Gasteiger partial charge in [-0.1, -0.05) is 30.3 Å². The number of hydrogen-bond donors (Lipinski definition) is 0. The molecule has 0 spiro atoms. The zero-order chi connectivity index (χ0) is 7.23. The van der Waals surface area contributed by atoms with E-state index in [1.54, 1.807) is 13.2 Å². The van der Waals surface area contributed by atoms with Crippen molar-refractivity contribution >= 4 is 6.08 Å². The summed E-state index contributed by atoms with van der Waals surface area (Å²) in [7, 11) is 1.76. The molecule has 0 aliphatic carbocycles. The fraction of sp³-hybridized carbons (Fsp3) is 0.111. The molecule has 0 fully saturated rings. The van der Waals surface area contributed by atoms with E-state index in [2.05, 4.69) is 5.32 Å². The maximum Gasteiger partial charge on any atom is 0.0277 e. The molecule has 0 atom stereocenters. The number of benzene rings is 1. The lowest BCUT2D eigenvalue weighted by Crippen LogP contribution is -1.79. The van der Waals surface area contributed by atoms with E-state index in [0.29, 0.717) is 0 Å². The van der Waals surface area contributed by atoms with Crippen LogP contribution in [0.5, 0.6) is 0 Å². The van der Waals surface area contributed by atoms with E-state index in [9.17, 15) is 0 Å². The minimum Gasteiger partial charge on any atom is -0.296 e. The Bertz CT molecular complexity index is 201. The Balaban J connectivity index is 2.67. The average molecular weight is 132 g/mol. The van der Waals surface area contributed by atoms with Gasteiger partial charge in [0.2, 0.25) is 0 Å². The van der Waals surface area contributed by atoms with Crippen LogP contribution in [-0.4, -0.2) is 7.05 Å². The van der Waals surface area contributed by atoms with Gasteiger partial charge in [-0.2, -0.15) is 0 Å². The van der Waals surface area contributed by atoms with Crippen molar-refractivity contribution in [2.75, 3.05) is 7.05 Å². The smallest absolute Gasteiger partial charge is 0.0277 e. The molecule has 0 bridgehead atoms. The zero-order valence-corrected chi connectivity index (χ0v) is 5.99. The summed E-state index contributed by atoms with van der Waals surface area (Å²) in [6.07, 6.45) is 3.76. The van der Waals surface area contributed by atoms with Crippen molar-refractivity contribution in [1.29, 1.82) is 0 Å². The van der Waals surface area contributed by atoms with Crippen LogP contribution in [0.3, 0.4) is 0 Å². The fourth-order valence-electron chi connectivity index (χ4n) is 0.725. The molecule has 0 aromatic heterocycles. The lowest BCUT2D eigenvalue weighted by molar-refractivity contribution is 1.09. The molecule has 1 radical (unpaired) electrons. The van der Waals surface area contributed by atoms with Crippen LogP contribution in [0.4, 0.5) is 0 Å². The number of hydrogen-bond acceptors (Lipinski definition) is 0. The summed E-state index contributed by atoms with van der Waals surface area (Å²) in [5.74, 6) is 0. The standard InChI is InChI=1S/C9H10N/c1-10-8-7-9-5-3-2-4-6-9/h2-8H,1H3/b8-7+. The van der Waals surface area contributed by atoms with Gasteiger partial charge in [0.25, 0.3) is 0 Å². The second-order valence-electron chi connectivity index (χ2n) is 1.98. The van der Waals surface area contributed by atoms with E-state index in [4.69, 9.17) is 0 Å². The maximum absolute atomic E-state index is 3.85. The highest BCUT2D eigenvalue weighted by Crippen LogP contribution is 1.99. The van der Waals surface area contributed by atoms with Crippen LogP contribution < -0.4 is 5.32 Å². The molecule has 0 N–H and O–H groups in total. The van der Waals surface area contributed by atoms with Gasteiger partial charge in [0.15, 0.2) is 0 Å². The quantitative estimate of drug-likeness (QED) is 0.583. The second kappa shape index (κ2) is 3.72. The molecule has 0 aliphatic rings. The molecule has 0 unspecified atom stereocenters. The molecule has 0 saturated heterocycles. The van der Waals surface area contributed by atoms with Crippen molar-refractivity contribution in [2.45, 2.75) is 0 Å². The Morgan fingerprint density at radius 1 is 1.20 bits per heavy atom. The number of rotatable bonds is 2. The summed E-state index contributed by atoms with van der Waals surface area (Å²) in [6.45, 7) is 0. The third-order valence-corrected chi connectivity index (χ3v) is 1.22. The van der Waals surface area contributed by atoms with Gasteiger partial charge in [0.1, 0.15) is 0 Å². The predicted molar refractivity (Wildman–Crippen MR) is 43.5 cm³/mol. The molecule has 0 saturated carbocycles. The van der Waals surface area contributed by atoms with Crippen molar-refractivity contribution in [3.63, 3.8) is 0 Å². The third kappa shape index (κ3) is 1.94. The van der Waals surface area contributed by atoms with Gasteiger partial charge in [0.05, 0.1) is 0 Å². The van der Waals surface area contributed by atoms with E-state index < -0.39 is 0 Å². The van der Waals surface area contributed by atoms with Crippen molar-refractivity contribution in [2.24, 2.45) is 0 Å². The van der Waals surface area contributed by atoms with Gasteiger partial charge in [-0.3, -0.25) is 5.32 Å².